The lowest BCUT2D eigenvalue weighted by molar-refractivity contribution is 0.205. The van der Waals surface area contributed by atoms with E-state index in [2.05, 4.69) is 20.9 Å². The summed E-state index contributed by atoms with van der Waals surface area (Å²) in [7, 11) is -2.17. The summed E-state index contributed by atoms with van der Waals surface area (Å²) in [6, 6.07) is 8.77. The summed E-state index contributed by atoms with van der Waals surface area (Å²) in [5.41, 5.74) is 0.865. The first-order valence-corrected chi connectivity index (χ1v) is 10.1. The summed E-state index contributed by atoms with van der Waals surface area (Å²) in [6.07, 6.45) is 2.01. The van der Waals surface area contributed by atoms with E-state index in [1.807, 2.05) is 19.1 Å². The van der Waals surface area contributed by atoms with Crippen LogP contribution < -0.4 is 9.47 Å². The Balaban J connectivity index is 1.79. The largest absolute Gasteiger partial charge is 0.495 e. The minimum Gasteiger partial charge on any atom is -0.495 e. The van der Waals surface area contributed by atoms with Gasteiger partial charge in [0.1, 0.15) is 16.7 Å². The maximum absolute atomic E-state index is 13.0. The minimum absolute atomic E-state index is 0.190. The van der Waals surface area contributed by atoms with Gasteiger partial charge in [-0.1, -0.05) is 6.07 Å². The maximum Gasteiger partial charge on any atom is 0.246 e. The molecule has 0 N–H and O–H groups in total. The molecule has 1 saturated heterocycles. The third kappa shape index (κ3) is 3.80. The molecular weight excluding hydrogens is 408 g/mol. The van der Waals surface area contributed by atoms with Crippen LogP contribution in [0.1, 0.15) is 12.0 Å². The molecule has 25 heavy (non-hydrogen) atoms. The molecule has 0 spiro atoms. The molecule has 2 aromatic rings. The molecule has 0 unspecified atom stereocenters. The first-order chi connectivity index (χ1) is 11.9. The average molecular weight is 427 g/mol. The Morgan fingerprint density at radius 2 is 2.12 bits per heavy atom. The lowest BCUT2D eigenvalue weighted by Crippen LogP contribution is -2.31. The number of aromatic nitrogens is 1. The van der Waals surface area contributed by atoms with Crippen molar-refractivity contribution in [2.45, 2.75) is 24.3 Å². The molecule has 0 radical (unpaired) electrons. The highest BCUT2D eigenvalue weighted by Gasteiger charge is 2.35. The molecule has 2 heterocycles. The molecule has 0 amide bonds. The second kappa shape index (κ2) is 7.31. The summed E-state index contributed by atoms with van der Waals surface area (Å²) in [4.78, 5) is 4.36. The summed E-state index contributed by atoms with van der Waals surface area (Å²) in [6.45, 7) is 2.53. The van der Waals surface area contributed by atoms with Crippen LogP contribution in [0, 0.1) is 6.92 Å². The topological polar surface area (TPSA) is 68.7 Å². The Hall–Kier alpha value is -1.64. The number of methoxy groups -OCH3 is 1. The lowest BCUT2D eigenvalue weighted by atomic mass is 10.2. The SMILES string of the molecule is COc1ccc(C)cc1S(=O)(=O)N1CC[C@H](Oc2ncccc2Br)C1. The van der Waals surface area contributed by atoms with Crippen molar-refractivity contribution < 1.29 is 17.9 Å². The van der Waals surface area contributed by atoms with E-state index in [1.54, 1.807) is 24.4 Å². The lowest BCUT2D eigenvalue weighted by Gasteiger charge is -2.19. The summed E-state index contributed by atoms with van der Waals surface area (Å²) in [5.74, 6) is 0.822. The van der Waals surface area contributed by atoms with Gasteiger partial charge in [0.25, 0.3) is 0 Å². The average Bonchev–Trinajstić information content (AvgIpc) is 3.06. The standard InChI is InChI=1S/C17H19BrN2O4S/c1-12-5-6-15(23-2)16(10-12)25(21,22)20-9-7-13(11-20)24-17-14(18)4-3-8-19-17/h3-6,8,10,13H,7,9,11H2,1-2H3/t13-/m0/s1. The third-order valence-electron chi connectivity index (χ3n) is 4.05. The van der Waals surface area contributed by atoms with Crippen molar-refractivity contribution in [3.8, 4) is 11.6 Å². The van der Waals surface area contributed by atoms with Crippen LogP contribution in [0.5, 0.6) is 11.6 Å². The summed E-state index contributed by atoms with van der Waals surface area (Å²) in [5, 5.41) is 0. The predicted octanol–water partition coefficient (Wildman–Crippen LogP) is 3.00. The van der Waals surface area contributed by atoms with Crippen LogP contribution in [0.3, 0.4) is 0 Å². The van der Waals surface area contributed by atoms with E-state index in [4.69, 9.17) is 9.47 Å². The highest BCUT2D eigenvalue weighted by Crippen LogP contribution is 2.31. The van der Waals surface area contributed by atoms with E-state index < -0.39 is 10.0 Å². The van der Waals surface area contributed by atoms with E-state index >= 15 is 0 Å². The quantitative estimate of drug-likeness (QED) is 0.734. The first-order valence-electron chi connectivity index (χ1n) is 7.84. The van der Waals surface area contributed by atoms with Crippen LogP contribution in [-0.4, -0.2) is 44.0 Å². The van der Waals surface area contributed by atoms with Gasteiger partial charge in [0.05, 0.1) is 18.1 Å². The Labute approximate surface area is 156 Å². The van der Waals surface area contributed by atoms with Crippen LogP contribution in [0.2, 0.25) is 0 Å². The minimum atomic E-state index is -3.64. The third-order valence-corrected chi connectivity index (χ3v) is 6.54. The van der Waals surface area contributed by atoms with Crippen LogP contribution in [0.25, 0.3) is 0 Å². The molecule has 0 aliphatic carbocycles. The van der Waals surface area contributed by atoms with Gasteiger partial charge < -0.3 is 9.47 Å². The molecule has 1 fully saturated rings. The van der Waals surface area contributed by atoms with Gasteiger partial charge in [0, 0.05) is 12.7 Å². The molecule has 1 atom stereocenters. The monoisotopic (exact) mass is 426 g/mol. The predicted molar refractivity (Wildman–Crippen MR) is 97.5 cm³/mol. The smallest absolute Gasteiger partial charge is 0.246 e. The van der Waals surface area contributed by atoms with E-state index in [9.17, 15) is 8.42 Å². The van der Waals surface area contributed by atoms with E-state index in [0.717, 1.165) is 10.0 Å². The van der Waals surface area contributed by atoms with Gasteiger partial charge in [-0.15, -0.1) is 0 Å². The number of benzene rings is 1. The van der Waals surface area contributed by atoms with Gasteiger partial charge >= 0.3 is 0 Å². The van der Waals surface area contributed by atoms with Crippen molar-refractivity contribution in [1.82, 2.24) is 9.29 Å². The van der Waals surface area contributed by atoms with Crippen molar-refractivity contribution >= 4 is 26.0 Å². The number of halogens is 1. The molecule has 0 saturated carbocycles. The highest BCUT2D eigenvalue weighted by molar-refractivity contribution is 9.10. The van der Waals surface area contributed by atoms with Crippen LogP contribution in [-0.2, 0) is 10.0 Å². The molecule has 3 rings (SSSR count). The fourth-order valence-corrected chi connectivity index (χ4v) is 4.83. The molecule has 6 nitrogen and oxygen atoms in total. The number of hydrogen-bond acceptors (Lipinski definition) is 5. The van der Waals surface area contributed by atoms with Gasteiger partial charge in [0.15, 0.2) is 0 Å². The number of hydrogen-bond donors (Lipinski definition) is 0. The van der Waals surface area contributed by atoms with Crippen LogP contribution in [0.15, 0.2) is 45.9 Å². The van der Waals surface area contributed by atoms with Gasteiger partial charge in [-0.3, -0.25) is 0 Å². The van der Waals surface area contributed by atoms with E-state index in [-0.39, 0.29) is 17.5 Å². The molecule has 8 heteroatoms. The molecule has 1 aliphatic heterocycles. The number of aryl methyl sites for hydroxylation is 1. The van der Waals surface area contributed by atoms with Gasteiger partial charge in [-0.05, 0) is 59.1 Å². The van der Waals surface area contributed by atoms with Crippen molar-refractivity contribution in [2.75, 3.05) is 20.2 Å². The van der Waals surface area contributed by atoms with E-state index in [1.165, 1.54) is 11.4 Å². The Bertz CT molecular complexity index is 873. The fraction of sp³-hybridized carbons (Fsp3) is 0.353. The fourth-order valence-electron chi connectivity index (χ4n) is 2.75. The number of sulfonamides is 1. The Morgan fingerprint density at radius 1 is 1.32 bits per heavy atom. The number of rotatable bonds is 5. The van der Waals surface area contributed by atoms with Crippen LogP contribution in [0.4, 0.5) is 0 Å². The van der Waals surface area contributed by atoms with Crippen molar-refractivity contribution in [2.24, 2.45) is 0 Å². The zero-order chi connectivity index (χ0) is 18.0. The highest BCUT2D eigenvalue weighted by atomic mass is 79.9. The molecule has 1 aliphatic rings. The Kier molecular flexibility index (Phi) is 5.31. The second-order valence-electron chi connectivity index (χ2n) is 5.84. The van der Waals surface area contributed by atoms with Crippen LogP contribution >= 0.6 is 15.9 Å². The molecular formula is C17H19BrN2O4S. The number of pyridine rings is 1. The second-order valence-corrected chi connectivity index (χ2v) is 8.60. The van der Waals surface area contributed by atoms with Crippen molar-refractivity contribution in [1.29, 1.82) is 0 Å². The van der Waals surface area contributed by atoms with Gasteiger partial charge in [-0.2, -0.15) is 4.31 Å². The molecule has 134 valence electrons. The summed E-state index contributed by atoms with van der Waals surface area (Å²) >= 11 is 3.39. The first kappa shape index (κ1) is 18.2. The molecule has 0 bridgehead atoms. The van der Waals surface area contributed by atoms with Gasteiger partial charge in [-0.25, -0.2) is 13.4 Å². The van der Waals surface area contributed by atoms with E-state index in [0.29, 0.717) is 24.6 Å². The molecule has 1 aromatic carbocycles. The molecule has 1 aromatic heterocycles. The summed E-state index contributed by atoms with van der Waals surface area (Å²) < 4.78 is 39.3. The maximum atomic E-state index is 13.0. The Morgan fingerprint density at radius 3 is 2.84 bits per heavy atom. The zero-order valence-electron chi connectivity index (χ0n) is 14.0. The van der Waals surface area contributed by atoms with Crippen molar-refractivity contribution in [3.63, 3.8) is 0 Å². The number of nitrogens with zero attached hydrogens (tertiary/aromatic N) is 2. The number of ether oxygens (including phenoxy) is 2. The van der Waals surface area contributed by atoms with Gasteiger partial charge in [0.2, 0.25) is 15.9 Å². The van der Waals surface area contributed by atoms with Crippen molar-refractivity contribution in [3.05, 3.63) is 46.6 Å². The normalized spacial score (nSPS) is 18.3. The zero-order valence-corrected chi connectivity index (χ0v) is 16.4.